The number of hydrogen-bond acceptors (Lipinski definition) is 5. The second-order valence-electron chi connectivity index (χ2n) is 8.52. The molecule has 1 aromatic carbocycles. The molecule has 0 unspecified atom stereocenters. The zero-order chi connectivity index (χ0) is 24.2. The SMILES string of the molecule is COc1cc(=O)n2c(c1C(=O)N(C)Cc1ccsc1)CCN(C(=O)[C@H](C)c1ccccc1)CC2. The molecule has 1 aliphatic rings. The van der Waals surface area contributed by atoms with Gasteiger partial charge in [0.1, 0.15) is 11.3 Å². The molecule has 4 rings (SSSR count). The fraction of sp³-hybridized carbons (Fsp3) is 0.346. The van der Waals surface area contributed by atoms with Crippen molar-refractivity contribution in [3.8, 4) is 5.75 Å². The number of pyridine rings is 1. The van der Waals surface area contributed by atoms with E-state index in [0.717, 1.165) is 11.1 Å². The smallest absolute Gasteiger partial charge is 0.259 e. The highest BCUT2D eigenvalue weighted by Crippen LogP contribution is 2.26. The molecule has 0 saturated heterocycles. The van der Waals surface area contributed by atoms with E-state index in [4.69, 9.17) is 4.74 Å². The maximum atomic E-state index is 13.5. The van der Waals surface area contributed by atoms with Crippen molar-refractivity contribution in [3.63, 3.8) is 0 Å². The van der Waals surface area contributed by atoms with Crippen LogP contribution in [0.2, 0.25) is 0 Å². The highest BCUT2D eigenvalue weighted by Gasteiger charge is 2.29. The number of thiophene rings is 1. The Kier molecular flexibility index (Phi) is 7.17. The minimum Gasteiger partial charge on any atom is -0.496 e. The molecule has 3 heterocycles. The van der Waals surface area contributed by atoms with Crippen LogP contribution in [-0.4, -0.2) is 53.4 Å². The second-order valence-corrected chi connectivity index (χ2v) is 9.30. The van der Waals surface area contributed by atoms with Crippen molar-refractivity contribution in [3.05, 3.63) is 86.0 Å². The van der Waals surface area contributed by atoms with E-state index in [-0.39, 0.29) is 29.0 Å². The van der Waals surface area contributed by atoms with Crippen LogP contribution in [0.4, 0.5) is 0 Å². The quantitative estimate of drug-likeness (QED) is 0.544. The van der Waals surface area contributed by atoms with Crippen LogP contribution in [-0.2, 0) is 24.3 Å². The first-order valence-corrected chi connectivity index (χ1v) is 12.3. The summed E-state index contributed by atoms with van der Waals surface area (Å²) >= 11 is 1.58. The number of amides is 2. The summed E-state index contributed by atoms with van der Waals surface area (Å²) in [6.07, 6.45) is 0.396. The van der Waals surface area contributed by atoms with Gasteiger partial charge < -0.3 is 19.1 Å². The number of aromatic nitrogens is 1. The van der Waals surface area contributed by atoms with E-state index in [1.54, 1.807) is 32.8 Å². The van der Waals surface area contributed by atoms with Gasteiger partial charge in [0.2, 0.25) is 5.91 Å². The molecule has 0 N–H and O–H groups in total. The number of methoxy groups -OCH3 is 1. The molecule has 8 heteroatoms. The van der Waals surface area contributed by atoms with Gasteiger partial charge in [-0.15, -0.1) is 0 Å². The topological polar surface area (TPSA) is 71.8 Å². The third-order valence-corrected chi connectivity index (χ3v) is 7.09. The van der Waals surface area contributed by atoms with Crippen LogP contribution in [0.25, 0.3) is 0 Å². The Morgan fingerprint density at radius 3 is 2.59 bits per heavy atom. The maximum Gasteiger partial charge on any atom is 0.259 e. The minimum atomic E-state index is -0.286. The first-order valence-electron chi connectivity index (χ1n) is 11.3. The first-order chi connectivity index (χ1) is 16.4. The molecule has 0 spiro atoms. The van der Waals surface area contributed by atoms with Crippen molar-refractivity contribution < 1.29 is 14.3 Å². The third kappa shape index (κ3) is 4.77. The van der Waals surface area contributed by atoms with Crippen LogP contribution < -0.4 is 10.3 Å². The Morgan fingerprint density at radius 2 is 1.91 bits per heavy atom. The Hall–Kier alpha value is -3.39. The van der Waals surface area contributed by atoms with Gasteiger partial charge in [-0.05, 0) is 34.9 Å². The van der Waals surface area contributed by atoms with E-state index in [1.165, 1.54) is 13.2 Å². The van der Waals surface area contributed by atoms with Crippen molar-refractivity contribution in [2.75, 3.05) is 27.2 Å². The van der Waals surface area contributed by atoms with E-state index in [1.807, 2.05) is 54.1 Å². The molecule has 0 aliphatic carbocycles. The Labute approximate surface area is 203 Å². The van der Waals surface area contributed by atoms with E-state index in [9.17, 15) is 14.4 Å². The van der Waals surface area contributed by atoms with Gasteiger partial charge >= 0.3 is 0 Å². The summed E-state index contributed by atoms with van der Waals surface area (Å²) in [6, 6.07) is 13.0. The van der Waals surface area contributed by atoms with Gasteiger partial charge in [0.05, 0.1) is 13.0 Å². The fourth-order valence-electron chi connectivity index (χ4n) is 4.44. The molecule has 0 saturated carbocycles. The van der Waals surface area contributed by atoms with Crippen LogP contribution in [0.1, 0.15) is 40.0 Å². The summed E-state index contributed by atoms with van der Waals surface area (Å²) in [6.45, 7) is 3.53. The summed E-state index contributed by atoms with van der Waals surface area (Å²) in [5.74, 6) is -0.201. The largest absolute Gasteiger partial charge is 0.496 e. The highest BCUT2D eigenvalue weighted by molar-refractivity contribution is 7.07. The zero-order valence-corrected chi connectivity index (χ0v) is 20.5. The number of fused-ring (bicyclic) bond motifs is 1. The van der Waals surface area contributed by atoms with Crippen LogP contribution in [0, 0.1) is 0 Å². The molecule has 0 radical (unpaired) electrons. The number of rotatable bonds is 6. The lowest BCUT2D eigenvalue weighted by Gasteiger charge is -2.24. The van der Waals surface area contributed by atoms with E-state index >= 15 is 0 Å². The van der Waals surface area contributed by atoms with Crippen molar-refractivity contribution in [1.29, 1.82) is 0 Å². The minimum absolute atomic E-state index is 0.0153. The molecule has 0 fully saturated rings. The summed E-state index contributed by atoms with van der Waals surface area (Å²) in [7, 11) is 3.21. The van der Waals surface area contributed by atoms with Gasteiger partial charge in [-0.2, -0.15) is 11.3 Å². The van der Waals surface area contributed by atoms with Gasteiger partial charge in [-0.1, -0.05) is 30.3 Å². The molecule has 2 aromatic heterocycles. The molecular weight excluding hydrogens is 450 g/mol. The highest BCUT2D eigenvalue weighted by atomic mass is 32.1. The standard InChI is InChI=1S/C26H29N3O4S/c1-18(20-7-5-4-6-8-20)25(31)28-11-9-21-24(22(33-3)15-23(30)29(21)13-12-28)26(32)27(2)16-19-10-14-34-17-19/h4-8,10,14-15,17-18H,9,11-13,16H2,1-3H3/t18-/m1/s1. The Bertz CT molecular complexity index is 1220. The van der Waals surface area contributed by atoms with Crippen molar-refractivity contribution in [2.45, 2.75) is 32.4 Å². The van der Waals surface area contributed by atoms with Crippen molar-refractivity contribution in [1.82, 2.24) is 14.4 Å². The molecule has 2 amide bonds. The second kappa shape index (κ2) is 10.3. The van der Waals surface area contributed by atoms with E-state index in [0.29, 0.717) is 43.9 Å². The molecule has 7 nitrogen and oxygen atoms in total. The molecule has 3 aromatic rings. The lowest BCUT2D eigenvalue weighted by Crippen LogP contribution is -2.36. The predicted octanol–water partition coefficient (Wildman–Crippen LogP) is 3.38. The molecule has 1 atom stereocenters. The maximum absolute atomic E-state index is 13.5. The lowest BCUT2D eigenvalue weighted by atomic mass is 9.99. The number of hydrogen-bond donors (Lipinski definition) is 0. The van der Waals surface area contributed by atoms with E-state index in [2.05, 4.69) is 0 Å². The van der Waals surface area contributed by atoms with Gasteiger partial charge in [0.25, 0.3) is 11.5 Å². The summed E-state index contributed by atoms with van der Waals surface area (Å²) < 4.78 is 7.09. The molecule has 1 aliphatic heterocycles. The summed E-state index contributed by atoms with van der Waals surface area (Å²) in [5, 5.41) is 3.98. The van der Waals surface area contributed by atoms with Gasteiger partial charge in [-0.25, -0.2) is 0 Å². The zero-order valence-electron chi connectivity index (χ0n) is 19.7. The summed E-state index contributed by atoms with van der Waals surface area (Å²) in [4.78, 5) is 43.1. The third-order valence-electron chi connectivity index (χ3n) is 6.36. The summed E-state index contributed by atoms with van der Waals surface area (Å²) in [5.41, 5.74) is 2.79. The molecular formula is C26H29N3O4S. The Morgan fingerprint density at radius 1 is 1.15 bits per heavy atom. The monoisotopic (exact) mass is 479 g/mol. The van der Waals surface area contributed by atoms with Crippen molar-refractivity contribution >= 4 is 23.2 Å². The van der Waals surface area contributed by atoms with Gasteiger partial charge in [0.15, 0.2) is 0 Å². The number of carbonyl (C=O) groups is 2. The van der Waals surface area contributed by atoms with Gasteiger partial charge in [0, 0.05) is 51.4 Å². The molecule has 0 bridgehead atoms. The number of ether oxygens (including phenoxy) is 1. The van der Waals surface area contributed by atoms with Crippen LogP contribution in [0.5, 0.6) is 5.75 Å². The predicted molar refractivity (Wildman–Crippen MR) is 133 cm³/mol. The normalized spacial score (nSPS) is 14.1. The van der Waals surface area contributed by atoms with Crippen LogP contribution in [0.3, 0.4) is 0 Å². The molecule has 178 valence electrons. The van der Waals surface area contributed by atoms with Crippen LogP contribution in [0.15, 0.2) is 58.0 Å². The number of carbonyl (C=O) groups excluding carboxylic acids is 2. The van der Waals surface area contributed by atoms with Crippen molar-refractivity contribution in [2.24, 2.45) is 0 Å². The lowest BCUT2D eigenvalue weighted by molar-refractivity contribution is -0.132. The van der Waals surface area contributed by atoms with Gasteiger partial charge in [-0.3, -0.25) is 14.4 Å². The van der Waals surface area contributed by atoms with E-state index < -0.39 is 0 Å². The average Bonchev–Trinajstić information content (AvgIpc) is 3.26. The average molecular weight is 480 g/mol. The molecule has 34 heavy (non-hydrogen) atoms. The first kappa shape index (κ1) is 23.8. The number of benzene rings is 1. The fourth-order valence-corrected chi connectivity index (χ4v) is 5.10. The van der Waals surface area contributed by atoms with Crippen LogP contribution >= 0.6 is 11.3 Å². The number of nitrogens with zero attached hydrogens (tertiary/aromatic N) is 3. The Balaban J connectivity index is 1.62.